The third-order valence-electron chi connectivity index (χ3n) is 4.42. The Bertz CT molecular complexity index is 245. The van der Waals surface area contributed by atoms with E-state index in [1.807, 2.05) is 0 Å². The fourth-order valence-corrected chi connectivity index (χ4v) is 3.14. The van der Waals surface area contributed by atoms with Crippen LogP contribution in [-0.2, 0) is 9.53 Å². The summed E-state index contributed by atoms with van der Waals surface area (Å²) in [5, 5.41) is 0. The Morgan fingerprint density at radius 3 is 2.37 bits per heavy atom. The molecule has 1 rings (SSSR count). The van der Waals surface area contributed by atoms with Gasteiger partial charge in [0.25, 0.3) is 0 Å². The van der Waals surface area contributed by atoms with Crippen LogP contribution in [0.3, 0.4) is 0 Å². The Labute approximate surface area is 118 Å². The molecule has 0 aliphatic heterocycles. The molecule has 1 aliphatic carbocycles. The minimum atomic E-state index is 0.0564. The van der Waals surface area contributed by atoms with E-state index in [0.29, 0.717) is 12.5 Å². The fraction of sp³-hybridized carbons (Fsp3) is 0.938. The Hall–Kier alpha value is -0.570. The van der Waals surface area contributed by atoms with Crippen molar-refractivity contribution < 1.29 is 9.53 Å². The van der Waals surface area contributed by atoms with Crippen molar-refractivity contribution >= 4 is 5.97 Å². The van der Waals surface area contributed by atoms with Crippen LogP contribution < -0.4 is 0 Å². The highest BCUT2D eigenvalue weighted by molar-refractivity contribution is 5.72. The highest BCUT2D eigenvalue weighted by Crippen LogP contribution is 2.34. The Morgan fingerprint density at radius 2 is 1.84 bits per heavy atom. The molecule has 112 valence electrons. The van der Waals surface area contributed by atoms with Crippen LogP contribution in [0.25, 0.3) is 0 Å². The summed E-state index contributed by atoms with van der Waals surface area (Å²) in [5.41, 5.74) is 0. The molecule has 1 atom stereocenters. The van der Waals surface area contributed by atoms with Crippen LogP contribution in [-0.4, -0.2) is 37.1 Å². The first kappa shape index (κ1) is 16.5. The summed E-state index contributed by atoms with van der Waals surface area (Å²) in [7, 11) is 0. The average Bonchev–Trinajstić information content (AvgIpc) is 2.94. The van der Waals surface area contributed by atoms with E-state index < -0.39 is 0 Å². The molecule has 1 unspecified atom stereocenters. The molecule has 1 aliphatic rings. The minimum absolute atomic E-state index is 0.0564. The quantitative estimate of drug-likeness (QED) is 0.600. The lowest BCUT2D eigenvalue weighted by Gasteiger charge is -2.23. The normalized spacial score (nSPS) is 17.9. The molecule has 0 heterocycles. The zero-order valence-electron chi connectivity index (χ0n) is 13.0. The first-order chi connectivity index (χ1) is 9.22. The van der Waals surface area contributed by atoms with Crippen molar-refractivity contribution in [2.24, 2.45) is 11.8 Å². The second kappa shape index (κ2) is 9.35. The average molecular weight is 269 g/mol. The second-order valence-electron chi connectivity index (χ2n) is 5.63. The Morgan fingerprint density at radius 1 is 1.21 bits per heavy atom. The third-order valence-corrected chi connectivity index (χ3v) is 4.42. The van der Waals surface area contributed by atoms with Crippen LogP contribution in [0.4, 0.5) is 0 Å². The van der Waals surface area contributed by atoms with E-state index in [9.17, 15) is 4.79 Å². The number of carbonyl (C=O) groups is 1. The number of nitrogens with zero attached hydrogens (tertiary/aromatic N) is 1. The van der Waals surface area contributed by atoms with Gasteiger partial charge in [0, 0.05) is 6.54 Å². The van der Waals surface area contributed by atoms with Crippen molar-refractivity contribution in [1.82, 2.24) is 4.90 Å². The lowest BCUT2D eigenvalue weighted by atomic mass is 9.87. The lowest BCUT2D eigenvalue weighted by molar-refractivity contribution is -0.151. The van der Waals surface area contributed by atoms with Crippen molar-refractivity contribution in [3.05, 3.63) is 0 Å². The molecule has 0 aromatic heterocycles. The van der Waals surface area contributed by atoms with E-state index in [0.717, 1.165) is 32.5 Å². The molecule has 1 fully saturated rings. The lowest BCUT2D eigenvalue weighted by Crippen LogP contribution is -2.30. The van der Waals surface area contributed by atoms with Crippen LogP contribution in [0.15, 0.2) is 0 Å². The van der Waals surface area contributed by atoms with Crippen molar-refractivity contribution in [2.75, 3.05) is 26.2 Å². The predicted octanol–water partition coefficient (Wildman–Crippen LogP) is 3.48. The van der Waals surface area contributed by atoms with E-state index in [1.54, 1.807) is 0 Å². The molecule has 0 aromatic carbocycles. The minimum Gasteiger partial charge on any atom is -0.464 e. The van der Waals surface area contributed by atoms with Gasteiger partial charge in [-0.1, -0.05) is 40.0 Å². The van der Waals surface area contributed by atoms with Crippen molar-refractivity contribution in [2.45, 2.75) is 59.3 Å². The molecule has 0 spiro atoms. The van der Waals surface area contributed by atoms with Crippen molar-refractivity contribution in [3.8, 4) is 0 Å². The zero-order chi connectivity index (χ0) is 14.1. The molecule has 3 nitrogen and oxygen atoms in total. The number of rotatable bonds is 9. The number of esters is 1. The number of hydrogen-bond acceptors (Lipinski definition) is 3. The Kier molecular flexibility index (Phi) is 8.11. The molecule has 0 saturated heterocycles. The zero-order valence-corrected chi connectivity index (χ0v) is 13.0. The van der Waals surface area contributed by atoms with Gasteiger partial charge in [0.15, 0.2) is 0 Å². The molecule has 0 aromatic rings. The van der Waals surface area contributed by atoms with Gasteiger partial charge in [-0.25, -0.2) is 0 Å². The number of ether oxygens (including phenoxy) is 1. The second-order valence-corrected chi connectivity index (χ2v) is 5.63. The summed E-state index contributed by atoms with van der Waals surface area (Å²) in [6.07, 6.45) is 7.09. The van der Waals surface area contributed by atoms with Crippen LogP contribution >= 0.6 is 0 Å². The number of carbonyl (C=O) groups excluding carboxylic acids is 1. The van der Waals surface area contributed by atoms with Gasteiger partial charge in [0.2, 0.25) is 0 Å². The maximum Gasteiger partial charge on any atom is 0.309 e. The van der Waals surface area contributed by atoms with Gasteiger partial charge in [-0.15, -0.1) is 0 Å². The summed E-state index contributed by atoms with van der Waals surface area (Å²) in [6.45, 7) is 9.90. The molecule has 0 radical (unpaired) electrons. The molecule has 3 heteroatoms. The fourth-order valence-electron chi connectivity index (χ4n) is 3.14. The third kappa shape index (κ3) is 5.52. The summed E-state index contributed by atoms with van der Waals surface area (Å²) in [5.74, 6) is 0.797. The SMILES string of the molecule is CCCC(C(=O)OCCN(CC)CC)C1CCCC1. The van der Waals surface area contributed by atoms with Gasteiger partial charge in [0.1, 0.15) is 6.61 Å². The van der Waals surface area contributed by atoms with E-state index in [-0.39, 0.29) is 11.9 Å². The summed E-state index contributed by atoms with van der Waals surface area (Å²) < 4.78 is 5.52. The summed E-state index contributed by atoms with van der Waals surface area (Å²) in [6, 6.07) is 0. The van der Waals surface area contributed by atoms with E-state index in [2.05, 4.69) is 25.7 Å². The number of hydrogen-bond donors (Lipinski definition) is 0. The molecule has 1 saturated carbocycles. The van der Waals surface area contributed by atoms with Gasteiger partial charge in [0.05, 0.1) is 5.92 Å². The standard InChI is InChI=1S/C16H31NO2/c1-4-9-15(14-10-7-8-11-14)16(18)19-13-12-17(5-2)6-3/h14-15H,4-13H2,1-3H3. The van der Waals surface area contributed by atoms with Gasteiger partial charge in [-0.2, -0.15) is 0 Å². The van der Waals surface area contributed by atoms with Gasteiger partial charge >= 0.3 is 5.97 Å². The van der Waals surface area contributed by atoms with E-state index >= 15 is 0 Å². The highest BCUT2D eigenvalue weighted by Gasteiger charge is 2.30. The summed E-state index contributed by atoms with van der Waals surface area (Å²) in [4.78, 5) is 14.5. The number of likely N-dealkylation sites (N-methyl/N-ethyl adjacent to an activating group) is 1. The molecule has 0 bridgehead atoms. The topological polar surface area (TPSA) is 29.5 Å². The van der Waals surface area contributed by atoms with Crippen molar-refractivity contribution in [1.29, 1.82) is 0 Å². The first-order valence-corrected chi connectivity index (χ1v) is 8.11. The van der Waals surface area contributed by atoms with Gasteiger partial charge < -0.3 is 9.64 Å². The van der Waals surface area contributed by atoms with Crippen molar-refractivity contribution in [3.63, 3.8) is 0 Å². The molecule has 19 heavy (non-hydrogen) atoms. The predicted molar refractivity (Wildman–Crippen MR) is 79.1 cm³/mol. The van der Waals surface area contributed by atoms with Crippen LogP contribution in [0.5, 0.6) is 0 Å². The van der Waals surface area contributed by atoms with Crippen LogP contribution in [0.2, 0.25) is 0 Å². The first-order valence-electron chi connectivity index (χ1n) is 8.11. The molecule has 0 amide bonds. The van der Waals surface area contributed by atoms with Crippen LogP contribution in [0.1, 0.15) is 59.3 Å². The molecular weight excluding hydrogens is 238 g/mol. The smallest absolute Gasteiger partial charge is 0.309 e. The van der Waals surface area contributed by atoms with Gasteiger partial charge in [-0.05, 0) is 38.3 Å². The summed E-state index contributed by atoms with van der Waals surface area (Å²) >= 11 is 0. The van der Waals surface area contributed by atoms with E-state index in [1.165, 1.54) is 25.7 Å². The monoisotopic (exact) mass is 269 g/mol. The van der Waals surface area contributed by atoms with Gasteiger partial charge in [-0.3, -0.25) is 4.79 Å². The van der Waals surface area contributed by atoms with E-state index in [4.69, 9.17) is 4.74 Å². The maximum absolute atomic E-state index is 12.2. The Balaban J connectivity index is 2.35. The maximum atomic E-state index is 12.2. The van der Waals surface area contributed by atoms with Crippen LogP contribution in [0, 0.1) is 11.8 Å². The molecule has 0 N–H and O–H groups in total. The highest BCUT2D eigenvalue weighted by atomic mass is 16.5. The molecular formula is C16H31NO2. The largest absolute Gasteiger partial charge is 0.464 e.